The third-order valence-electron chi connectivity index (χ3n) is 4.83. The minimum Gasteiger partial charge on any atom is -0.383 e. The maximum Gasteiger partial charge on any atom is 0.246 e. The normalized spacial score (nSPS) is 11.6. The number of aromatic nitrogens is 2. The summed E-state index contributed by atoms with van der Waals surface area (Å²) in [4.78, 5) is 4.67. The first-order chi connectivity index (χ1) is 15.0. The van der Waals surface area contributed by atoms with E-state index in [0.29, 0.717) is 30.5 Å². The van der Waals surface area contributed by atoms with E-state index in [1.54, 1.807) is 18.2 Å². The Labute approximate surface area is 183 Å². The zero-order chi connectivity index (χ0) is 22.3. The zero-order valence-corrected chi connectivity index (χ0v) is 18.9. The molecular weight excluding hydrogens is 414 g/mol. The molecule has 1 aromatic heterocycles. The second-order valence-corrected chi connectivity index (χ2v) is 8.89. The fourth-order valence-corrected chi connectivity index (χ4v) is 4.64. The van der Waals surface area contributed by atoms with Gasteiger partial charge in [0.05, 0.1) is 22.8 Å². The number of benzene rings is 2. The van der Waals surface area contributed by atoms with Gasteiger partial charge in [-0.15, -0.1) is 0 Å². The summed E-state index contributed by atoms with van der Waals surface area (Å²) in [6.45, 7) is 7.62. The van der Waals surface area contributed by atoms with Crippen LogP contribution >= 0.6 is 0 Å². The van der Waals surface area contributed by atoms with Crippen LogP contribution in [0, 0.1) is 0 Å². The van der Waals surface area contributed by atoms with E-state index in [2.05, 4.69) is 27.7 Å². The van der Waals surface area contributed by atoms with Crippen molar-refractivity contribution in [2.45, 2.75) is 38.6 Å². The number of sulfonamides is 1. The number of anilines is 2. The predicted octanol–water partition coefficient (Wildman–Crippen LogP) is 4.20. The van der Waals surface area contributed by atoms with Crippen LogP contribution in [-0.2, 0) is 16.6 Å². The second-order valence-electron chi connectivity index (χ2n) is 6.95. The van der Waals surface area contributed by atoms with Crippen LogP contribution in [0.3, 0.4) is 0 Å². The molecule has 0 atom stereocenters. The van der Waals surface area contributed by atoms with Gasteiger partial charge >= 0.3 is 0 Å². The summed E-state index contributed by atoms with van der Waals surface area (Å²) in [5.74, 6) is 0.928. The third-order valence-corrected chi connectivity index (χ3v) is 6.88. The van der Waals surface area contributed by atoms with E-state index in [4.69, 9.17) is 4.52 Å². The molecule has 0 amide bonds. The van der Waals surface area contributed by atoms with Crippen LogP contribution in [0.4, 0.5) is 11.4 Å². The van der Waals surface area contributed by atoms with Gasteiger partial charge < -0.3 is 15.2 Å². The fourth-order valence-electron chi connectivity index (χ4n) is 3.16. The SMILES string of the molecule is CCCNc1ccc(S(=O)(=O)N(CC)CC)cc1NCc1nc(-c2ccccc2)no1. The number of nitrogens with one attached hydrogen (secondary N) is 2. The van der Waals surface area contributed by atoms with E-state index < -0.39 is 10.0 Å². The molecule has 0 unspecified atom stereocenters. The molecule has 0 aliphatic rings. The highest BCUT2D eigenvalue weighted by Crippen LogP contribution is 2.28. The van der Waals surface area contributed by atoms with E-state index in [1.165, 1.54) is 4.31 Å². The van der Waals surface area contributed by atoms with Gasteiger partial charge in [0.15, 0.2) is 0 Å². The van der Waals surface area contributed by atoms with Crippen LogP contribution in [-0.4, -0.2) is 42.5 Å². The Morgan fingerprint density at radius 2 is 1.71 bits per heavy atom. The summed E-state index contributed by atoms with van der Waals surface area (Å²) in [5.41, 5.74) is 2.36. The smallest absolute Gasteiger partial charge is 0.246 e. The van der Waals surface area contributed by atoms with Crippen LogP contribution in [0.5, 0.6) is 0 Å². The average Bonchev–Trinajstić information content (AvgIpc) is 3.27. The molecule has 0 aliphatic carbocycles. The summed E-state index contributed by atoms with van der Waals surface area (Å²) in [6, 6.07) is 14.7. The Kier molecular flexibility index (Phi) is 7.64. The van der Waals surface area contributed by atoms with Gasteiger partial charge in [-0.25, -0.2) is 8.42 Å². The first kappa shape index (κ1) is 22.8. The average molecular weight is 444 g/mol. The molecule has 9 heteroatoms. The van der Waals surface area contributed by atoms with Crippen molar-refractivity contribution in [3.8, 4) is 11.4 Å². The lowest BCUT2D eigenvalue weighted by Crippen LogP contribution is -2.30. The molecule has 0 spiro atoms. The van der Waals surface area contributed by atoms with Gasteiger partial charge in [0, 0.05) is 25.2 Å². The van der Waals surface area contributed by atoms with Crippen molar-refractivity contribution in [1.29, 1.82) is 0 Å². The molecule has 0 aliphatic heterocycles. The van der Waals surface area contributed by atoms with Crippen molar-refractivity contribution in [3.63, 3.8) is 0 Å². The molecule has 8 nitrogen and oxygen atoms in total. The van der Waals surface area contributed by atoms with Crippen LogP contribution < -0.4 is 10.6 Å². The maximum absolute atomic E-state index is 12.9. The quantitative estimate of drug-likeness (QED) is 0.458. The highest BCUT2D eigenvalue weighted by atomic mass is 32.2. The maximum atomic E-state index is 12.9. The van der Waals surface area contributed by atoms with Crippen molar-refractivity contribution in [3.05, 3.63) is 54.4 Å². The Balaban J connectivity index is 1.83. The molecule has 0 fully saturated rings. The molecule has 0 saturated heterocycles. The van der Waals surface area contributed by atoms with Gasteiger partial charge in [0.1, 0.15) is 0 Å². The molecule has 1 heterocycles. The number of hydrogen-bond acceptors (Lipinski definition) is 7. The van der Waals surface area contributed by atoms with Gasteiger partial charge in [0.25, 0.3) is 0 Å². The van der Waals surface area contributed by atoms with Gasteiger partial charge in [-0.3, -0.25) is 0 Å². The predicted molar refractivity (Wildman–Crippen MR) is 122 cm³/mol. The lowest BCUT2D eigenvalue weighted by atomic mass is 10.2. The molecule has 3 aromatic rings. The van der Waals surface area contributed by atoms with Crippen molar-refractivity contribution in [1.82, 2.24) is 14.4 Å². The van der Waals surface area contributed by atoms with E-state index in [9.17, 15) is 8.42 Å². The third kappa shape index (κ3) is 5.42. The first-order valence-corrected chi connectivity index (χ1v) is 11.9. The van der Waals surface area contributed by atoms with Crippen LogP contribution in [0.1, 0.15) is 33.1 Å². The highest BCUT2D eigenvalue weighted by Gasteiger charge is 2.22. The van der Waals surface area contributed by atoms with Gasteiger partial charge in [-0.05, 0) is 24.6 Å². The molecular formula is C22H29N5O3S. The second kappa shape index (κ2) is 10.4. The van der Waals surface area contributed by atoms with E-state index in [0.717, 1.165) is 24.2 Å². The van der Waals surface area contributed by atoms with Crippen LogP contribution in [0.2, 0.25) is 0 Å². The lowest BCUT2D eigenvalue weighted by Gasteiger charge is -2.20. The van der Waals surface area contributed by atoms with Crippen molar-refractivity contribution in [2.75, 3.05) is 30.3 Å². The van der Waals surface area contributed by atoms with Crippen LogP contribution in [0.15, 0.2) is 57.9 Å². The monoisotopic (exact) mass is 443 g/mol. The summed E-state index contributed by atoms with van der Waals surface area (Å²) in [7, 11) is -3.56. The Morgan fingerprint density at radius 3 is 2.39 bits per heavy atom. The highest BCUT2D eigenvalue weighted by molar-refractivity contribution is 7.89. The number of nitrogens with zero attached hydrogens (tertiary/aromatic N) is 3. The molecule has 166 valence electrons. The van der Waals surface area contributed by atoms with Gasteiger partial charge in [-0.2, -0.15) is 9.29 Å². The Morgan fingerprint density at radius 1 is 0.968 bits per heavy atom. The molecule has 2 aromatic carbocycles. The molecule has 0 bridgehead atoms. The number of rotatable bonds is 11. The minimum absolute atomic E-state index is 0.247. The first-order valence-electron chi connectivity index (χ1n) is 10.5. The molecule has 3 rings (SSSR count). The zero-order valence-electron chi connectivity index (χ0n) is 18.1. The summed E-state index contributed by atoms with van der Waals surface area (Å²) in [5, 5.41) is 10.6. The molecule has 31 heavy (non-hydrogen) atoms. The van der Waals surface area contributed by atoms with E-state index in [-0.39, 0.29) is 11.4 Å². The largest absolute Gasteiger partial charge is 0.383 e. The Hall–Kier alpha value is -2.91. The molecule has 0 saturated carbocycles. The van der Waals surface area contributed by atoms with Gasteiger partial charge in [-0.1, -0.05) is 56.3 Å². The van der Waals surface area contributed by atoms with Crippen molar-refractivity contribution in [2.24, 2.45) is 0 Å². The lowest BCUT2D eigenvalue weighted by molar-refractivity contribution is 0.384. The van der Waals surface area contributed by atoms with Crippen molar-refractivity contribution < 1.29 is 12.9 Å². The molecule has 0 radical (unpaired) electrons. The minimum atomic E-state index is -3.56. The topological polar surface area (TPSA) is 100 Å². The molecule has 2 N–H and O–H groups in total. The van der Waals surface area contributed by atoms with Crippen molar-refractivity contribution >= 4 is 21.4 Å². The standard InChI is InChI=1S/C22H29N5O3S/c1-4-14-23-19-13-12-18(31(28,29)27(5-2)6-3)15-20(19)24-16-21-25-22(26-30-21)17-10-8-7-9-11-17/h7-13,15,23-24H,4-6,14,16H2,1-3H3. The van der Waals surface area contributed by atoms with Gasteiger partial charge in [0.2, 0.25) is 21.7 Å². The fraction of sp³-hybridized carbons (Fsp3) is 0.364. The number of hydrogen-bond donors (Lipinski definition) is 2. The van der Waals surface area contributed by atoms with E-state index >= 15 is 0 Å². The summed E-state index contributed by atoms with van der Waals surface area (Å²) >= 11 is 0. The Bertz CT molecular complexity index is 1080. The summed E-state index contributed by atoms with van der Waals surface area (Å²) < 4.78 is 32.7. The van der Waals surface area contributed by atoms with Crippen LogP contribution in [0.25, 0.3) is 11.4 Å². The van der Waals surface area contributed by atoms with E-state index in [1.807, 2.05) is 44.2 Å². The summed E-state index contributed by atoms with van der Waals surface area (Å²) in [6.07, 6.45) is 0.947.